The van der Waals surface area contributed by atoms with Crippen molar-refractivity contribution in [2.45, 2.75) is 49.5 Å². The van der Waals surface area contributed by atoms with Crippen molar-refractivity contribution >= 4 is 45.4 Å². The maximum Gasteiger partial charge on any atom is 0.195 e. The van der Waals surface area contributed by atoms with E-state index >= 15 is 0 Å². The van der Waals surface area contributed by atoms with Crippen molar-refractivity contribution in [1.82, 2.24) is 4.90 Å². The van der Waals surface area contributed by atoms with E-state index < -0.39 is 5.60 Å². The topological polar surface area (TPSA) is 43.8 Å². The summed E-state index contributed by atoms with van der Waals surface area (Å²) in [6.07, 6.45) is 5.50. The Kier molecular flexibility index (Phi) is 9.62. The van der Waals surface area contributed by atoms with Gasteiger partial charge in [0, 0.05) is 48.1 Å². The Morgan fingerprint density at radius 3 is 2.19 bits per heavy atom. The summed E-state index contributed by atoms with van der Waals surface area (Å²) in [4.78, 5) is 19.0. The average molecular weight is 678 g/mol. The highest BCUT2D eigenvalue weighted by atomic mass is 35.5. The molecule has 0 aromatic heterocycles. The first-order valence-electron chi connectivity index (χ1n) is 17.2. The van der Waals surface area contributed by atoms with Gasteiger partial charge >= 0.3 is 0 Å². The van der Waals surface area contributed by atoms with Crippen molar-refractivity contribution in [2.75, 3.05) is 37.6 Å². The van der Waals surface area contributed by atoms with Crippen molar-refractivity contribution in [3.8, 4) is 0 Å². The summed E-state index contributed by atoms with van der Waals surface area (Å²) < 4.78 is 0. The number of hydrogen-bond acceptors (Lipinski definition) is 4. The minimum Gasteiger partial charge on any atom is -0.385 e. The Bertz CT molecular complexity index is 1890. The van der Waals surface area contributed by atoms with Crippen LogP contribution in [0.25, 0.3) is 10.8 Å². The summed E-state index contributed by atoms with van der Waals surface area (Å²) in [7, 11) is 0. The van der Waals surface area contributed by atoms with Crippen molar-refractivity contribution < 1.29 is 9.90 Å². The van der Waals surface area contributed by atoms with Gasteiger partial charge in [0.25, 0.3) is 0 Å². The van der Waals surface area contributed by atoms with E-state index in [0.717, 1.165) is 98.8 Å². The summed E-state index contributed by atoms with van der Waals surface area (Å²) in [6, 6.07) is 38.3. The highest BCUT2D eigenvalue weighted by Gasteiger charge is 2.39. The first-order chi connectivity index (χ1) is 23.4. The molecule has 2 heterocycles. The number of nitrogens with zero attached hydrogens (tertiary/aromatic N) is 2. The van der Waals surface area contributed by atoms with Crippen LogP contribution in [0.5, 0.6) is 0 Å². The molecule has 0 unspecified atom stereocenters. The number of hydrogen-bond donors (Lipinski definition) is 1. The number of halogens is 2. The van der Waals surface area contributed by atoms with Crippen LogP contribution in [0.4, 0.5) is 5.69 Å². The first-order valence-corrected chi connectivity index (χ1v) is 17.9. The molecule has 0 saturated carbocycles. The van der Waals surface area contributed by atoms with Gasteiger partial charge in [0.2, 0.25) is 0 Å². The lowest BCUT2D eigenvalue weighted by molar-refractivity contribution is -0.0264. The third kappa shape index (κ3) is 6.64. The lowest BCUT2D eigenvalue weighted by Crippen LogP contribution is -2.47. The zero-order valence-corrected chi connectivity index (χ0v) is 28.8. The molecule has 0 bridgehead atoms. The summed E-state index contributed by atoms with van der Waals surface area (Å²) in [5.41, 5.74) is 3.75. The fourth-order valence-electron chi connectivity index (χ4n) is 8.08. The van der Waals surface area contributed by atoms with Gasteiger partial charge < -0.3 is 14.9 Å². The van der Waals surface area contributed by atoms with Gasteiger partial charge in [-0.15, -0.1) is 0 Å². The molecule has 7 rings (SSSR count). The van der Waals surface area contributed by atoms with Crippen LogP contribution in [0.1, 0.15) is 65.6 Å². The van der Waals surface area contributed by atoms with Crippen molar-refractivity contribution in [3.63, 3.8) is 0 Å². The molecule has 2 aliphatic heterocycles. The van der Waals surface area contributed by atoms with E-state index in [2.05, 4.69) is 52.3 Å². The first kappa shape index (κ1) is 32.9. The highest BCUT2D eigenvalue weighted by molar-refractivity contribution is 6.42. The zero-order valence-electron chi connectivity index (χ0n) is 27.3. The fourth-order valence-corrected chi connectivity index (χ4v) is 8.38. The van der Waals surface area contributed by atoms with Crippen LogP contribution in [0.2, 0.25) is 10.0 Å². The molecule has 2 aliphatic rings. The van der Waals surface area contributed by atoms with Gasteiger partial charge in [-0.05, 0) is 79.8 Å². The minimum atomic E-state index is -0.754. The molecule has 1 N–H and O–H groups in total. The zero-order chi connectivity index (χ0) is 33.1. The standard InChI is InChI=1S/C42H42Cl2N2O2/c43-37-20-18-34(29-38(37)44)41(21-9-25-45-27-23-42(48,24-28-45)33-14-5-2-6-15-33)22-10-26-46(30-41)39-35-16-8-7-11-31(35)17-19-36(39)40(47)32-12-3-1-4-13-32/h1-8,11-20,29,48H,9-10,21-28,30H2/t41-/m0/s1. The molecule has 0 spiro atoms. The quantitative estimate of drug-likeness (QED) is 0.158. The van der Waals surface area contributed by atoms with Gasteiger partial charge in [0.05, 0.1) is 21.3 Å². The molecule has 0 aliphatic carbocycles. The van der Waals surface area contributed by atoms with Crippen molar-refractivity contribution in [3.05, 3.63) is 148 Å². The number of ketones is 1. The van der Waals surface area contributed by atoms with E-state index in [1.165, 1.54) is 5.56 Å². The molecule has 6 heteroatoms. The van der Waals surface area contributed by atoms with Gasteiger partial charge in [-0.3, -0.25) is 4.79 Å². The molecule has 1 atom stereocenters. The summed E-state index contributed by atoms with van der Waals surface area (Å²) in [6.45, 7) is 4.37. The average Bonchev–Trinajstić information content (AvgIpc) is 3.13. The number of benzene rings is 5. The van der Waals surface area contributed by atoms with Gasteiger partial charge in [-0.25, -0.2) is 0 Å². The molecule has 2 saturated heterocycles. The Hall–Kier alpha value is -3.67. The van der Waals surface area contributed by atoms with Crippen molar-refractivity contribution in [2.24, 2.45) is 0 Å². The third-order valence-corrected chi connectivity index (χ3v) is 11.5. The van der Waals surface area contributed by atoms with E-state index in [0.29, 0.717) is 15.6 Å². The molecule has 5 aromatic rings. The second-order valence-corrected chi connectivity index (χ2v) is 14.5. The molecule has 246 valence electrons. The Morgan fingerprint density at radius 1 is 0.729 bits per heavy atom. The molecule has 2 fully saturated rings. The van der Waals surface area contributed by atoms with Crippen LogP contribution in [0, 0.1) is 0 Å². The molecule has 0 amide bonds. The number of rotatable bonds is 9. The Labute approximate surface area is 293 Å². The summed E-state index contributed by atoms with van der Waals surface area (Å²) in [5.74, 6) is 0.0441. The Balaban J connectivity index is 1.17. The summed E-state index contributed by atoms with van der Waals surface area (Å²) >= 11 is 13.1. The largest absolute Gasteiger partial charge is 0.385 e. The highest BCUT2D eigenvalue weighted by Crippen LogP contribution is 2.44. The molecular weight excluding hydrogens is 635 g/mol. The number of likely N-dealkylation sites (tertiary alicyclic amines) is 1. The smallest absolute Gasteiger partial charge is 0.195 e. The lowest BCUT2D eigenvalue weighted by Gasteiger charge is -2.46. The normalized spacial score (nSPS) is 19.8. The number of piperidine rings is 2. The van der Waals surface area contributed by atoms with Gasteiger partial charge in [0.1, 0.15) is 0 Å². The number of carbonyl (C=O) groups excluding carboxylic acids is 1. The van der Waals surface area contributed by atoms with Crippen LogP contribution in [0.15, 0.2) is 115 Å². The third-order valence-electron chi connectivity index (χ3n) is 10.7. The van der Waals surface area contributed by atoms with Gasteiger partial charge in [0.15, 0.2) is 5.78 Å². The predicted molar refractivity (Wildman–Crippen MR) is 199 cm³/mol. The van der Waals surface area contributed by atoms with Crippen LogP contribution in [-0.4, -0.2) is 48.5 Å². The minimum absolute atomic E-state index is 0.0441. The van der Waals surface area contributed by atoms with E-state index in [4.69, 9.17) is 23.2 Å². The maximum atomic E-state index is 14.1. The molecule has 48 heavy (non-hydrogen) atoms. The summed E-state index contributed by atoms with van der Waals surface area (Å²) in [5, 5.41) is 14.8. The van der Waals surface area contributed by atoms with E-state index in [1.54, 1.807) is 0 Å². The number of anilines is 1. The van der Waals surface area contributed by atoms with Crippen LogP contribution >= 0.6 is 23.2 Å². The number of carbonyl (C=O) groups is 1. The Morgan fingerprint density at radius 2 is 1.44 bits per heavy atom. The van der Waals surface area contributed by atoms with Crippen LogP contribution < -0.4 is 4.90 Å². The predicted octanol–water partition coefficient (Wildman–Crippen LogP) is 9.68. The van der Waals surface area contributed by atoms with Gasteiger partial charge in [-0.2, -0.15) is 0 Å². The van der Waals surface area contributed by atoms with E-state index in [-0.39, 0.29) is 11.2 Å². The molecule has 4 nitrogen and oxygen atoms in total. The van der Waals surface area contributed by atoms with E-state index in [1.807, 2.05) is 72.8 Å². The molecular formula is C42H42Cl2N2O2. The maximum absolute atomic E-state index is 14.1. The van der Waals surface area contributed by atoms with Crippen LogP contribution in [-0.2, 0) is 11.0 Å². The van der Waals surface area contributed by atoms with Crippen molar-refractivity contribution in [1.29, 1.82) is 0 Å². The fraction of sp³-hybridized carbons (Fsp3) is 0.310. The second-order valence-electron chi connectivity index (χ2n) is 13.7. The SMILES string of the molecule is O=C(c1ccccc1)c1ccc2ccccc2c1N1CCC[C@](CCCN2CCC(O)(c3ccccc3)CC2)(c2ccc(Cl)c(Cl)c2)C1. The number of aliphatic hydroxyl groups is 1. The van der Waals surface area contributed by atoms with E-state index in [9.17, 15) is 9.90 Å². The molecule has 5 aromatic carbocycles. The second kappa shape index (κ2) is 14.1. The number of fused-ring (bicyclic) bond motifs is 1. The monoisotopic (exact) mass is 676 g/mol. The molecule has 0 radical (unpaired) electrons. The van der Waals surface area contributed by atoms with Gasteiger partial charge in [-0.1, -0.05) is 120 Å². The lowest BCUT2D eigenvalue weighted by atomic mass is 9.70. The van der Waals surface area contributed by atoms with Crippen LogP contribution in [0.3, 0.4) is 0 Å².